The number of hydrogen-bond donors (Lipinski definition) is 1. The summed E-state index contributed by atoms with van der Waals surface area (Å²) < 4.78 is 0. The molecule has 1 fully saturated rings. The van der Waals surface area contributed by atoms with Crippen molar-refractivity contribution in [2.24, 2.45) is 11.7 Å². The van der Waals surface area contributed by atoms with E-state index in [9.17, 15) is 0 Å². The Balaban J connectivity index is 0.00000120. The molecule has 0 amide bonds. The highest BCUT2D eigenvalue weighted by molar-refractivity contribution is 5.85. The summed E-state index contributed by atoms with van der Waals surface area (Å²) in [4.78, 5) is 2.66. The summed E-state index contributed by atoms with van der Waals surface area (Å²) in [5, 5.41) is 0. The Morgan fingerprint density at radius 3 is 2.83 bits per heavy atom. The van der Waals surface area contributed by atoms with Crippen LogP contribution in [0.4, 0.5) is 0 Å². The Morgan fingerprint density at radius 2 is 2.06 bits per heavy atom. The minimum Gasteiger partial charge on any atom is -0.330 e. The minimum absolute atomic E-state index is 0. The summed E-state index contributed by atoms with van der Waals surface area (Å²) in [6.45, 7) is 3.29. The third-order valence-corrected chi connectivity index (χ3v) is 4.43. The molecular weight excluding hydrogens is 244 g/mol. The molecule has 1 saturated heterocycles. The molecule has 1 aromatic carbocycles. The summed E-state index contributed by atoms with van der Waals surface area (Å²) in [6.07, 6.45) is 5.22. The molecule has 0 bridgehead atoms. The first-order valence-electron chi connectivity index (χ1n) is 6.90. The van der Waals surface area contributed by atoms with Gasteiger partial charge in [-0.3, -0.25) is 4.90 Å². The van der Waals surface area contributed by atoms with Gasteiger partial charge in [-0.1, -0.05) is 24.3 Å². The van der Waals surface area contributed by atoms with E-state index >= 15 is 0 Å². The lowest BCUT2D eigenvalue weighted by molar-refractivity contribution is 0.214. The highest BCUT2D eigenvalue weighted by Gasteiger charge is 2.30. The fourth-order valence-corrected chi connectivity index (χ4v) is 3.45. The predicted molar refractivity (Wildman–Crippen MR) is 78.1 cm³/mol. The molecule has 2 aliphatic rings. The van der Waals surface area contributed by atoms with E-state index in [2.05, 4.69) is 29.2 Å². The second kappa shape index (κ2) is 6.05. The van der Waals surface area contributed by atoms with Gasteiger partial charge >= 0.3 is 0 Å². The second-order valence-electron chi connectivity index (χ2n) is 5.49. The number of halogens is 1. The quantitative estimate of drug-likeness (QED) is 0.892. The maximum absolute atomic E-state index is 5.79. The van der Waals surface area contributed by atoms with Crippen molar-refractivity contribution in [3.8, 4) is 0 Å². The Hall–Kier alpha value is -0.570. The number of nitrogens with zero attached hydrogens (tertiary/aromatic N) is 1. The first kappa shape index (κ1) is 13.9. The molecule has 0 radical (unpaired) electrons. The van der Waals surface area contributed by atoms with E-state index in [0.29, 0.717) is 6.04 Å². The molecule has 2 unspecified atom stereocenters. The van der Waals surface area contributed by atoms with Gasteiger partial charge in [-0.25, -0.2) is 0 Å². The molecule has 0 aromatic heterocycles. The van der Waals surface area contributed by atoms with Crippen LogP contribution in [-0.2, 0) is 6.42 Å². The third-order valence-electron chi connectivity index (χ3n) is 4.43. The van der Waals surface area contributed by atoms with Gasteiger partial charge in [0.15, 0.2) is 0 Å². The molecule has 18 heavy (non-hydrogen) atoms. The molecule has 1 aromatic rings. The van der Waals surface area contributed by atoms with Crippen molar-refractivity contribution < 1.29 is 0 Å². The number of fused-ring (bicyclic) bond motifs is 1. The van der Waals surface area contributed by atoms with Crippen molar-refractivity contribution in [2.45, 2.75) is 31.7 Å². The highest BCUT2D eigenvalue weighted by Crippen LogP contribution is 2.36. The predicted octanol–water partition coefficient (Wildman–Crippen LogP) is 2.77. The van der Waals surface area contributed by atoms with Crippen LogP contribution in [0.25, 0.3) is 0 Å². The Kier molecular flexibility index (Phi) is 4.66. The molecule has 0 spiro atoms. The molecular formula is C15H23ClN2. The lowest BCUT2D eigenvalue weighted by Crippen LogP contribution is -2.30. The lowest BCUT2D eigenvalue weighted by Gasteiger charge is -2.33. The van der Waals surface area contributed by atoms with Gasteiger partial charge in [0.1, 0.15) is 0 Å². The van der Waals surface area contributed by atoms with E-state index in [1.54, 1.807) is 11.1 Å². The molecule has 2 nitrogen and oxygen atoms in total. The average molecular weight is 267 g/mol. The van der Waals surface area contributed by atoms with Gasteiger partial charge in [0, 0.05) is 12.6 Å². The Labute approximate surface area is 116 Å². The number of benzene rings is 1. The second-order valence-corrected chi connectivity index (χ2v) is 5.49. The van der Waals surface area contributed by atoms with Crippen molar-refractivity contribution >= 4 is 12.4 Å². The maximum Gasteiger partial charge on any atom is 0.0351 e. The van der Waals surface area contributed by atoms with Gasteiger partial charge in [-0.05, 0) is 55.8 Å². The van der Waals surface area contributed by atoms with Gasteiger partial charge in [0.2, 0.25) is 0 Å². The number of hydrogen-bond acceptors (Lipinski definition) is 2. The molecule has 1 aliphatic carbocycles. The summed E-state index contributed by atoms with van der Waals surface area (Å²) in [5.74, 6) is 0.726. The van der Waals surface area contributed by atoms with E-state index in [4.69, 9.17) is 5.73 Å². The number of aryl methyl sites for hydroxylation is 1. The zero-order valence-electron chi connectivity index (χ0n) is 10.8. The highest BCUT2D eigenvalue weighted by atomic mass is 35.5. The van der Waals surface area contributed by atoms with Crippen LogP contribution >= 0.6 is 12.4 Å². The van der Waals surface area contributed by atoms with E-state index in [1.807, 2.05) is 0 Å². The normalized spacial score (nSPS) is 27.6. The average Bonchev–Trinajstić information content (AvgIpc) is 2.87. The van der Waals surface area contributed by atoms with Gasteiger partial charge in [-0.2, -0.15) is 0 Å². The molecule has 3 heteroatoms. The van der Waals surface area contributed by atoms with Crippen LogP contribution in [0.3, 0.4) is 0 Å². The fraction of sp³-hybridized carbons (Fsp3) is 0.600. The largest absolute Gasteiger partial charge is 0.330 e. The monoisotopic (exact) mass is 266 g/mol. The first-order chi connectivity index (χ1) is 8.38. The summed E-state index contributed by atoms with van der Waals surface area (Å²) in [6, 6.07) is 9.66. The lowest BCUT2D eigenvalue weighted by atomic mass is 9.87. The molecule has 1 heterocycles. The molecule has 100 valence electrons. The topological polar surface area (TPSA) is 29.3 Å². The fourth-order valence-electron chi connectivity index (χ4n) is 3.45. The van der Waals surface area contributed by atoms with Crippen LogP contribution in [0.5, 0.6) is 0 Å². The van der Waals surface area contributed by atoms with Gasteiger partial charge < -0.3 is 5.73 Å². The van der Waals surface area contributed by atoms with Gasteiger partial charge in [0.25, 0.3) is 0 Å². The van der Waals surface area contributed by atoms with Crippen LogP contribution in [0.15, 0.2) is 24.3 Å². The zero-order valence-corrected chi connectivity index (χ0v) is 11.7. The SMILES string of the molecule is Cl.NCC1CCN(C2CCCc3ccccc32)C1. The molecule has 3 rings (SSSR count). The van der Waals surface area contributed by atoms with Crippen molar-refractivity contribution in [3.05, 3.63) is 35.4 Å². The van der Waals surface area contributed by atoms with Crippen LogP contribution in [0, 0.1) is 5.92 Å². The number of nitrogens with two attached hydrogens (primary N) is 1. The Morgan fingerprint density at radius 1 is 1.22 bits per heavy atom. The summed E-state index contributed by atoms with van der Waals surface area (Å²) in [5.41, 5.74) is 8.94. The van der Waals surface area contributed by atoms with Gasteiger partial charge in [-0.15, -0.1) is 12.4 Å². The van der Waals surface area contributed by atoms with E-state index in [0.717, 1.165) is 12.5 Å². The van der Waals surface area contributed by atoms with E-state index in [1.165, 1.54) is 38.8 Å². The minimum atomic E-state index is 0. The summed E-state index contributed by atoms with van der Waals surface area (Å²) >= 11 is 0. The zero-order chi connectivity index (χ0) is 11.7. The molecule has 0 saturated carbocycles. The standard InChI is InChI=1S/C15H22N2.ClH/c16-10-12-8-9-17(11-12)15-7-3-5-13-4-1-2-6-14(13)15;/h1-2,4,6,12,15H,3,5,7-11,16H2;1H. The molecule has 2 atom stereocenters. The summed E-state index contributed by atoms with van der Waals surface area (Å²) in [7, 11) is 0. The van der Waals surface area contributed by atoms with Crippen molar-refractivity contribution in [2.75, 3.05) is 19.6 Å². The van der Waals surface area contributed by atoms with Gasteiger partial charge in [0.05, 0.1) is 0 Å². The van der Waals surface area contributed by atoms with Crippen LogP contribution < -0.4 is 5.73 Å². The first-order valence-corrected chi connectivity index (χ1v) is 6.90. The number of likely N-dealkylation sites (tertiary alicyclic amines) is 1. The Bertz CT molecular complexity index is 394. The van der Waals surface area contributed by atoms with Crippen molar-refractivity contribution in [3.63, 3.8) is 0 Å². The third kappa shape index (κ3) is 2.56. The maximum atomic E-state index is 5.79. The van der Waals surface area contributed by atoms with Crippen LogP contribution in [0.2, 0.25) is 0 Å². The molecule has 1 aliphatic heterocycles. The number of rotatable bonds is 2. The van der Waals surface area contributed by atoms with Crippen molar-refractivity contribution in [1.29, 1.82) is 0 Å². The van der Waals surface area contributed by atoms with Crippen LogP contribution in [-0.4, -0.2) is 24.5 Å². The van der Waals surface area contributed by atoms with E-state index < -0.39 is 0 Å². The van der Waals surface area contributed by atoms with Crippen molar-refractivity contribution in [1.82, 2.24) is 4.90 Å². The molecule has 2 N–H and O–H groups in total. The van der Waals surface area contributed by atoms with Crippen LogP contribution in [0.1, 0.15) is 36.4 Å². The van der Waals surface area contributed by atoms with E-state index in [-0.39, 0.29) is 12.4 Å². The smallest absolute Gasteiger partial charge is 0.0351 e.